The van der Waals surface area contributed by atoms with Crippen molar-refractivity contribution >= 4 is 11.6 Å². The summed E-state index contributed by atoms with van der Waals surface area (Å²) in [4.78, 5) is 0. The zero-order valence-electron chi connectivity index (χ0n) is 20.7. The van der Waals surface area contributed by atoms with E-state index < -0.39 is 37.1 Å². The minimum Gasteiger partial charge on any atom is -0.494 e. The van der Waals surface area contributed by atoms with Gasteiger partial charge in [0, 0.05) is 11.6 Å². The molecule has 36 heavy (non-hydrogen) atoms. The van der Waals surface area contributed by atoms with Gasteiger partial charge < -0.3 is 34.6 Å². The molecule has 0 aliphatic carbocycles. The number of ether oxygens (including phenoxy) is 3. The molecule has 2 aromatic carbocycles. The third-order valence-corrected chi connectivity index (χ3v) is 6.57. The quantitative estimate of drug-likeness (QED) is 0.267. The fraction of sp³-hybridized carbons (Fsp3) is 0.500. The fourth-order valence-corrected chi connectivity index (χ4v) is 4.56. The molecule has 0 bridgehead atoms. The summed E-state index contributed by atoms with van der Waals surface area (Å²) in [6.45, 7) is 4.64. The Morgan fingerprint density at radius 3 is 2.44 bits per heavy atom. The van der Waals surface area contributed by atoms with Gasteiger partial charge in [0.05, 0.1) is 13.2 Å². The van der Waals surface area contributed by atoms with Crippen LogP contribution in [0.5, 0.6) is 5.75 Å². The predicted molar refractivity (Wildman–Crippen MR) is 137 cm³/mol. The van der Waals surface area contributed by atoms with Crippen molar-refractivity contribution in [2.24, 2.45) is 0 Å². The van der Waals surface area contributed by atoms with E-state index in [1.165, 1.54) is 0 Å². The molecule has 0 radical (unpaired) electrons. The number of aryl methyl sites for hydroxylation is 1. The molecule has 7 nitrogen and oxygen atoms in total. The van der Waals surface area contributed by atoms with Crippen molar-refractivity contribution in [3.8, 4) is 17.6 Å². The lowest BCUT2D eigenvalue weighted by Crippen LogP contribution is -2.55. The van der Waals surface area contributed by atoms with Crippen LogP contribution in [0, 0.1) is 11.8 Å². The van der Waals surface area contributed by atoms with Crippen LogP contribution in [0.15, 0.2) is 36.4 Å². The summed E-state index contributed by atoms with van der Waals surface area (Å²) in [6.07, 6.45) is -4.40. The minimum atomic E-state index is -1.46. The van der Waals surface area contributed by atoms with E-state index in [0.29, 0.717) is 49.7 Å². The van der Waals surface area contributed by atoms with Crippen LogP contribution in [0.2, 0.25) is 5.02 Å². The highest BCUT2D eigenvalue weighted by Gasteiger charge is 2.44. The van der Waals surface area contributed by atoms with E-state index in [-0.39, 0.29) is 0 Å². The number of benzene rings is 2. The molecule has 196 valence electrons. The third-order valence-electron chi connectivity index (χ3n) is 6.22. The Labute approximate surface area is 217 Å². The first-order chi connectivity index (χ1) is 17.4. The molecular formula is C28H35ClO7. The molecular weight excluding hydrogens is 484 g/mol. The largest absolute Gasteiger partial charge is 0.494 e. The Hall–Kier alpha value is -2.15. The van der Waals surface area contributed by atoms with Crippen LogP contribution in [-0.2, 0) is 22.3 Å². The first-order valence-electron chi connectivity index (χ1n) is 12.2. The van der Waals surface area contributed by atoms with Crippen molar-refractivity contribution in [1.82, 2.24) is 0 Å². The fourth-order valence-electron chi connectivity index (χ4n) is 4.30. The van der Waals surface area contributed by atoms with E-state index in [2.05, 4.69) is 11.8 Å². The lowest BCUT2D eigenvalue weighted by molar-refractivity contribution is -0.231. The molecule has 1 saturated heterocycles. The van der Waals surface area contributed by atoms with Crippen molar-refractivity contribution in [1.29, 1.82) is 0 Å². The second-order valence-corrected chi connectivity index (χ2v) is 9.14. The smallest absolute Gasteiger partial charge is 0.119 e. The van der Waals surface area contributed by atoms with E-state index in [1.54, 1.807) is 6.92 Å². The second-order valence-electron chi connectivity index (χ2n) is 8.73. The first kappa shape index (κ1) is 28.4. The molecule has 0 saturated carbocycles. The van der Waals surface area contributed by atoms with Crippen LogP contribution >= 0.6 is 11.6 Å². The number of halogens is 1. The highest BCUT2D eigenvalue weighted by molar-refractivity contribution is 6.31. The zero-order valence-corrected chi connectivity index (χ0v) is 21.4. The summed E-state index contributed by atoms with van der Waals surface area (Å²) in [6, 6.07) is 11.5. The topological polar surface area (TPSA) is 109 Å². The lowest BCUT2D eigenvalue weighted by Gasteiger charge is -2.41. The maximum atomic E-state index is 10.8. The number of rotatable bonds is 11. The normalized spacial score (nSPS) is 23.7. The van der Waals surface area contributed by atoms with Crippen LogP contribution < -0.4 is 4.74 Å². The van der Waals surface area contributed by atoms with Gasteiger partial charge in [-0.25, -0.2) is 0 Å². The molecule has 1 fully saturated rings. The average molecular weight is 519 g/mol. The Kier molecular flexibility index (Phi) is 11.0. The molecule has 0 aromatic heterocycles. The van der Waals surface area contributed by atoms with Gasteiger partial charge in [-0.3, -0.25) is 0 Å². The monoisotopic (exact) mass is 518 g/mol. The molecule has 5 atom stereocenters. The number of hydrogen-bond acceptors (Lipinski definition) is 7. The summed E-state index contributed by atoms with van der Waals surface area (Å²) in [5, 5.41) is 41.7. The van der Waals surface area contributed by atoms with E-state index in [1.807, 2.05) is 43.3 Å². The van der Waals surface area contributed by atoms with Crippen LogP contribution in [0.3, 0.4) is 0 Å². The summed E-state index contributed by atoms with van der Waals surface area (Å²) in [7, 11) is 0. The van der Waals surface area contributed by atoms with Gasteiger partial charge in [-0.1, -0.05) is 35.7 Å². The SMILES string of the molecule is CC#CCOCCCc1cc(Cl)c(Cc2ccc(OCC)cc2)cc1C1O[C@H](CO)[C@@H](O)[C@H](O)[C@H]1O. The number of aliphatic hydroxyl groups excluding tert-OH is 4. The maximum Gasteiger partial charge on any atom is 0.119 e. The summed E-state index contributed by atoms with van der Waals surface area (Å²) >= 11 is 6.69. The van der Waals surface area contributed by atoms with Crippen molar-refractivity contribution < 1.29 is 34.6 Å². The van der Waals surface area contributed by atoms with Crippen LogP contribution in [0.4, 0.5) is 0 Å². The highest BCUT2D eigenvalue weighted by Crippen LogP contribution is 2.37. The second kappa shape index (κ2) is 14.0. The molecule has 8 heteroatoms. The summed E-state index contributed by atoms with van der Waals surface area (Å²) < 4.78 is 16.9. The van der Waals surface area contributed by atoms with Gasteiger partial charge in [-0.2, -0.15) is 0 Å². The molecule has 1 aliphatic heterocycles. The molecule has 2 aromatic rings. The highest BCUT2D eigenvalue weighted by atomic mass is 35.5. The maximum absolute atomic E-state index is 10.8. The predicted octanol–water partition coefficient (Wildman–Crippen LogP) is 2.82. The standard InChI is InChI=1S/C28H35ClO7/c1-3-5-12-34-13-6-7-19-16-23(29)20(14-18-8-10-21(11-9-18)35-4-2)15-22(19)28-27(33)26(32)25(31)24(17-30)36-28/h8-11,15-16,24-28,30-33H,4,6-7,12-14,17H2,1-2H3/t24-,25-,26+,27-,28?/m1/s1. The first-order valence-corrected chi connectivity index (χ1v) is 12.6. The number of hydrogen-bond donors (Lipinski definition) is 4. The van der Waals surface area contributed by atoms with Crippen LogP contribution in [-0.4, -0.2) is 71.3 Å². The average Bonchev–Trinajstić information content (AvgIpc) is 2.88. The Bertz CT molecular complexity index is 1030. The van der Waals surface area contributed by atoms with Gasteiger partial charge in [0.25, 0.3) is 0 Å². The van der Waals surface area contributed by atoms with Crippen LogP contribution in [0.25, 0.3) is 0 Å². The van der Waals surface area contributed by atoms with Crippen LogP contribution in [0.1, 0.15) is 48.6 Å². The van der Waals surface area contributed by atoms with Crippen molar-refractivity contribution in [3.63, 3.8) is 0 Å². The molecule has 1 heterocycles. The van der Waals surface area contributed by atoms with Gasteiger partial charge >= 0.3 is 0 Å². The molecule has 1 unspecified atom stereocenters. The van der Waals surface area contributed by atoms with Crippen molar-refractivity contribution in [2.75, 3.05) is 26.4 Å². The van der Waals surface area contributed by atoms with Gasteiger partial charge in [0.15, 0.2) is 0 Å². The zero-order chi connectivity index (χ0) is 26.1. The Balaban J connectivity index is 1.89. The van der Waals surface area contributed by atoms with Crippen molar-refractivity contribution in [2.45, 2.75) is 63.6 Å². The molecule has 1 aliphatic rings. The van der Waals surface area contributed by atoms with Gasteiger partial charge in [0.2, 0.25) is 0 Å². The minimum absolute atomic E-state index is 0.359. The summed E-state index contributed by atoms with van der Waals surface area (Å²) in [5.41, 5.74) is 3.35. The molecule has 3 rings (SSSR count). The van der Waals surface area contributed by atoms with Gasteiger partial charge in [0.1, 0.15) is 42.9 Å². The molecule has 0 amide bonds. The lowest BCUT2D eigenvalue weighted by atomic mass is 9.86. The van der Waals surface area contributed by atoms with Gasteiger partial charge in [-0.15, -0.1) is 5.92 Å². The molecule has 4 N–H and O–H groups in total. The summed E-state index contributed by atoms with van der Waals surface area (Å²) in [5.74, 6) is 6.43. The molecule has 0 spiro atoms. The number of aliphatic hydroxyl groups is 4. The van der Waals surface area contributed by atoms with E-state index in [4.69, 9.17) is 25.8 Å². The van der Waals surface area contributed by atoms with Gasteiger partial charge in [-0.05, 0) is 73.6 Å². The van der Waals surface area contributed by atoms with E-state index >= 15 is 0 Å². The van der Waals surface area contributed by atoms with Crippen molar-refractivity contribution in [3.05, 3.63) is 63.7 Å². The van der Waals surface area contributed by atoms with E-state index in [0.717, 1.165) is 22.4 Å². The Morgan fingerprint density at radius 2 is 1.78 bits per heavy atom. The third kappa shape index (κ3) is 7.21. The Morgan fingerprint density at radius 1 is 1.03 bits per heavy atom. The van der Waals surface area contributed by atoms with E-state index in [9.17, 15) is 20.4 Å².